The molecular formula is C12H15N3O4. The van der Waals surface area contributed by atoms with Crippen molar-refractivity contribution in [2.45, 2.75) is 6.54 Å². The van der Waals surface area contributed by atoms with Crippen LogP contribution in [-0.2, 0) is 16.1 Å². The van der Waals surface area contributed by atoms with Crippen LogP contribution in [0, 0.1) is 10.1 Å². The Kier molecular flexibility index (Phi) is 3.96. The number of carbonyl (C=O) groups excluding carboxylic acids is 1. The number of nitro groups is 1. The zero-order valence-corrected chi connectivity index (χ0v) is 10.6. The number of carbonyl (C=O) groups is 1. The van der Waals surface area contributed by atoms with E-state index < -0.39 is 4.92 Å². The van der Waals surface area contributed by atoms with Crippen molar-refractivity contribution >= 4 is 17.3 Å². The summed E-state index contributed by atoms with van der Waals surface area (Å²) in [6.45, 7) is 1.42. The van der Waals surface area contributed by atoms with E-state index in [4.69, 9.17) is 4.74 Å². The van der Waals surface area contributed by atoms with Crippen molar-refractivity contribution in [1.82, 2.24) is 4.90 Å². The van der Waals surface area contributed by atoms with Gasteiger partial charge in [-0.15, -0.1) is 0 Å². The molecule has 0 radical (unpaired) electrons. The maximum Gasteiger partial charge on any atom is 0.292 e. The summed E-state index contributed by atoms with van der Waals surface area (Å²) < 4.78 is 5.05. The number of nitrogens with zero attached hydrogens (tertiary/aromatic N) is 2. The van der Waals surface area contributed by atoms with Gasteiger partial charge in [0.1, 0.15) is 12.3 Å². The first kappa shape index (κ1) is 13.3. The van der Waals surface area contributed by atoms with Crippen LogP contribution >= 0.6 is 0 Å². The van der Waals surface area contributed by atoms with Crippen molar-refractivity contribution in [3.05, 3.63) is 33.9 Å². The fourth-order valence-electron chi connectivity index (χ4n) is 2.08. The SMILES string of the molecule is CNc1c(CN2CCOCC2=O)cccc1[N+](=O)[O-]. The van der Waals surface area contributed by atoms with Crippen molar-refractivity contribution in [3.63, 3.8) is 0 Å². The molecule has 102 valence electrons. The topological polar surface area (TPSA) is 84.7 Å². The molecule has 0 aliphatic carbocycles. The first-order chi connectivity index (χ1) is 9.13. The van der Waals surface area contributed by atoms with E-state index in [9.17, 15) is 14.9 Å². The molecule has 1 amide bonds. The summed E-state index contributed by atoms with van der Waals surface area (Å²) in [4.78, 5) is 23.8. The van der Waals surface area contributed by atoms with Gasteiger partial charge < -0.3 is 15.0 Å². The Morgan fingerprint density at radius 3 is 2.95 bits per heavy atom. The lowest BCUT2D eigenvalue weighted by atomic mass is 10.1. The van der Waals surface area contributed by atoms with Crippen molar-refractivity contribution in [2.75, 3.05) is 32.1 Å². The van der Waals surface area contributed by atoms with Gasteiger partial charge in [0.05, 0.1) is 11.5 Å². The molecule has 7 nitrogen and oxygen atoms in total. The van der Waals surface area contributed by atoms with Gasteiger partial charge in [-0.1, -0.05) is 12.1 Å². The lowest BCUT2D eigenvalue weighted by Crippen LogP contribution is -2.41. The molecule has 1 fully saturated rings. The maximum absolute atomic E-state index is 11.7. The van der Waals surface area contributed by atoms with Crippen LogP contribution in [0.5, 0.6) is 0 Å². The predicted octanol–water partition coefficient (Wildman–Crippen LogP) is 0.995. The Morgan fingerprint density at radius 1 is 1.53 bits per heavy atom. The molecular weight excluding hydrogens is 250 g/mol. The van der Waals surface area contributed by atoms with Gasteiger partial charge in [0.2, 0.25) is 5.91 Å². The number of ether oxygens (including phenoxy) is 1. The van der Waals surface area contributed by atoms with Gasteiger partial charge in [0, 0.05) is 31.8 Å². The first-order valence-corrected chi connectivity index (χ1v) is 5.93. The van der Waals surface area contributed by atoms with E-state index >= 15 is 0 Å². The minimum absolute atomic E-state index is 0.0145. The smallest absolute Gasteiger partial charge is 0.292 e. The van der Waals surface area contributed by atoms with Crippen LogP contribution < -0.4 is 5.32 Å². The van der Waals surface area contributed by atoms with Gasteiger partial charge in [-0.05, 0) is 0 Å². The molecule has 7 heteroatoms. The summed E-state index contributed by atoms with van der Waals surface area (Å²) in [6.07, 6.45) is 0. The Bertz CT molecular complexity index is 504. The highest BCUT2D eigenvalue weighted by molar-refractivity contribution is 5.78. The Morgan fingerprint density at radius 2 is 2.32 bits per heavy atom. The van der Waals surface area contributed by atoms with Crippen LogP contribution in [0.25, 0.3) is 0 Å². The maximum atomic E-state index is 11.7. The van der Waals surface area contributed by atoms with Crippen LogP contribution in [0.1, 0.15) is 5.56 Å². The number of nitrogens with one attached hydrogen (secondary N) is 1. The molecule has 1 aromatic rings. The van der Waals surface area contributed by atoms with Crippen molar-refractivity contribution in [1.29, 1.82) is 0 Å². The van der Waals surface area contributed by atoms with Gasteiger partial charge in [0.25, 0.3) is 5.69 Å². The Balaban J connectivity index is 2.26. The van der Waals surface area contributed by atoms with E-state index in [1.807, 2.05) is 0 Å². The van der Waals surface area contributed by atoms with Gasteiger partial charge in [0.15, 0.2) is 0 Å². The van der Waals surface area contributed by atoms with Gasteiger partial charge in [-0.25, -0.2) is 0 Å². The normalized spacial score (nSPS) is 15.4. The highest BCUT2D eigenvalue weighted by Crippen LogP contribution is 2.28. The minimum Gasteiger partial charge on any atom is -0.382 e. The average Bonchev–Trinajstić information content (AvgIpc) is 2.41. The number of benzene rings is 1. The number of nitro benzene ring substituents is 1. The van der Waals surface area contributed by atoms with Crippen molar-refractivity contribution in [2.24, 2.45) is 0 Å². The second-order valence-corrected chi connectivity index (χ2v) is 4.19. The molecule has 1 aromatic carbocycles. The van der Waals surface area contributed by atoms with E-state index in [0.29, 0.717) is 25.4 Å². The third-order valence-electron chi connectivity index (χ3n) is 3.02. The van der Waals surface area contributed by atoms with Crippen LogP contribution in [-0.4, -0.2) is 42.5 Å². The van der Waals surface area contributed by atoms with Gasteiger partial charge in [-0.2, -0.15) is 0 Å². The summed E-state index contributed by atoms with van der Waals surface area (Å²) in [6, 6.07) is 4.84. The number of hydrogen-bond donors (Lipinski definition) is 1. The first-order valence-electron chi connectivity index (χ1n) is 5.93. The highest BCUT2D eigenvalue weighted by Gasteiger charge is 2.22. The predicted molar refractivity (Wildman–Crippen MR) is 68.9 cm³/mol. The van der Waals surface area contributed by atoms with Crippen molar-refractivity contribution in [3.8, 4) is 0 Å². The lowest BCUT2D eigenvalue weighted by Gasteiger charge is -2.27. The molecule has 1 saturated heterocycles. The van der Waals surface area contributed by atoms with Crippen molar-refractivity contribution < 1.29 is 14.5 Å². The third kappa shape index (κ3) is 2.82. The molecule has 0 bridgehead atoms. The average molecular weight is 265 g/mol. The quantitative estimate of drug-likeness (QED) is 0.648. The molecule has 1 aliphatic rings. The Labute approximate surface area is 110 Å². The van der Waals surface area contributed by atoms with Crippen LogP contribution in [0.15, 0.2) is 18.2 Å². The van der Waals surface area contributed by atoms with E-state index in [0.717, 1.165) is 5.56 Å². The van der Waals surface area contributed by atoms with Gasteiger partial charge in [-0.3, -0.25) is 14.9 Å². The fraction of sp³-hybridized carbons (Fsp3) is 0.417. The zero-order chi connectivity index (χ0) is 13.8. The second-order valence-electron chi connectivity index (χ2n) is 4.19. The van der Waals surface area contributed by atoms with E-state index in [2.05, 4.69) is 5.32 Å². The summed E-state index contributed by atoms with van der Waals surface area (Å²) in [5, 5.41) is 13.8. The third-order valence-corrected chi connectivity index (χ3v) is 3.02. The molecule has 0 aromatic heterocycles. The molecule has 0 spiro atoms. The number of hydrogen-bond acceptors (Lipinski definition) is 5. The molecule has 1 N–H and O–H groups in total. The molecule has 1 aliphatic heterocycles. The molecule has 1 heterocycles. The van der Waals surface area contributed by atoms with Crippen LogP contribution in [0.4, 0.5) is 11.4 Å². The summed E-state index contributed by atoms with van der Waals surface area (Å²) >= 11 is 0. The van der Waals surface area contributed by atoms with E-state index in [1.54, 1.807) is 24.1 Å². The zero-order valence-electron chi connectivity index (χ0n) is 10.6. The number of amides is 1. The van der Waals surface area contributed by atoms with E-state index in [-0.39, 0.29) is 18.2 Å². The summed E-state index contributed by atoms with van der Waals surface area (Å²) in [5.74, 6) is -0.0974. The minimum atomic E-state index is -0.434. The Hall–Kier alpha value is -2.15. The standard InChI is InChI=1S/C12H15N3O4/c1-13-12-9(3-2-4-10(12)15(17)18)7-14-5-6-19-8-11(14)16/h2-4,13H,5-8H2,1H3. The monoisotopic (exact) mass is 265 g/mol. The van der Waals surface area contributed by atoms with Crippen LogP contribution in [0.2, 0.25) is 0 Å². The van der Waals surface area contributed by atoms with Crippen LogP contribution in [0.3, 0.4) is 0 Å². The fourth-order valence-corrected chi connectivity index (χ4v) is 2.08. The molecule has 0 saturated carbocycles. The second kappa shape index (κ2) is 5.66. The number of para-hydroxylation sites is 1. The van der Waals surface area contributed by atoms with E-state index in [1.165, 1.54) is 6.07 Å². The molecule has 19 heavy (non-hydrogen) atoms. The summed E-state index contributed by atoms with van der Waals surface area (Å²) in [5.41, 5.74) is 1.19. The summed E-state index contributed by atoms with van der Waals surface area (Å²) in [7, 11) is 1.63. The largest absolute Gasteiger partial charge is 0.382 e. The molecule has 2 rings (SSSR count). The highest BCUT2D eigenvalue weighted by atomic mass is 16.6. The lowest BCUT2D eigenvalue weighted by molar-refractivity contribution is -0.384. The van der Waals surface area contributed by atoms with Gasteiger partial charge >= 0.3 is 0 Å². The molecule has 0 atom stereocenters. The number of rotatable bonds is 4. The number of anilines is 1. The number of morpholine rings is 1. The molecule has 0 unspecified atom stereocenters.